The lowest BCUT2D eigenvalue weighted by molar-refractivity contribution is -0.140. The molecular formula is C11H9ClF3N5O. The first-order valence-electron chi connectivity index (χ1n) is 5.53. The third-order valence-electron chi connectivity index (χ3n) is 2.49. The van der Waals surface area contributed by atoms with Gasteiger partial charge in [-0.2, -0.15) is 18.3 Å². The number of carbonyl (C=O) groups excluding carboxylic acids is 1. The van der Waals surface area contributed by atoms with Gasteiger partial charge in [-0.3, -0.25) is 9.48 Å². The standard InChI is InChI=1S/C11H9ClF3N5O/c1-20-9(12)7(8(19-20)11(13,14)15)18-10(21)5-3-2-4-6(16)17-5/h2-4H,1H3,(H2,16,17)(H,18,21). The van der Waals surface area contributed by atoms with Crippen molar-refractivity contribution in [3.05, 3.63) is 34.7 Å². The molecule has 0 aliphatic carbocycles. The first-order valence-corrected chi connectivity index (χ1v) is 5.91. The minimum Gasteiger partial charge on any atom is -0.384 e. The van der Waals surface area contributed by atoms with E-state index in [9.17, 15) is 18.0 Å². The summed E-state index contributed by atoms with van der Waals surface area (Å²) >= 11 is 5.72. The van der Waals surface area contributed by atoms with Crippen LogP contribution in [-0.2, 0) is 13.2 Å². The van der Waals surface area contributed by atoms with E-state index < -0.39 is 23.5 Å². The third-order valence-corrected chi connectivity index (χ3v) is 2.92. The normalized spacial score (nSPS) is 11.5. The van der Waals surface area contributed by atoms with Crippen LogP contribution in [0.5, 0.6) is 0 Å². The number of aryl methyl sites for hydroxylation is 1. The number of aromatic nitrogens is 3. The molecule has 10 heteroatoms. The van der Waals surface area contributed by atoms with Crippen molar-refractivity contribution in [3.63, 3.8) is 0 Å². The number of carbonyl (C=O) groups is 1. The molecule has 112 valence electrons. The average molecular weight is 320 g/mol. The van der Waals surface area contributed by atoms with Crippen molar-refractivity contribution in [3.8, 4) is 0 Å². The zero-order chi connectivity index (χ0) is 15.8. The van der Waals surface area contributed by atoms with Gasteiger partial charge in [-0.05, 0) is 12.1 Å². The molecule has 2 aromatic rings. The van der Waals surface area contributed by atoms with E-state index in [4.69, 9.17) is 17.3 Å². The van der Waals surface area contributed by atoms with E-state index in [1.54, 1.807) is 0 Å². The number of halogens is 4. The highest BCUT2D eigenvalue weighted by Crippen LogP contribution is 2.37. The van der Waals surface area contributed by atoms with E-state index in [0.29, 0.717) is 0 Å². The van der Waals surface area contributed by atoms with Gasteiger partial charge in [-0.25, -0.2) is 4.98 Å². The Morgan fingerprint density at radius 1 is 1.43 bits per heavy atom. The summed E-state index contributed by atoms with van der Waals surface area (Å²) in [5, 5.41) is 4.96. The fourth-order valence-electron chi connectivity index (χ4n) is 1.57. The molecule has 0 fully saturated rings. The Labute approximate surface area is 121 Å². The number of rotatable bonds is 2. The number of hydrogen-bond donors (Lipinski definition) is 2. The van der Waals surface area contributed by atoms with Crippen LogP contribution in [0.4, 0.5) is 24.7 Å². The van der Waals surface area contributed by atoms with Crippen LogP contribution in [-0.4, -0.2) is 20.7 Å². The predicted molar refractivity (Wildman–Crippen MR) is 69.8 cm³/mol. The van der Waals surface area contributed by atoms with Crippen molar-refractivity contribution in [2.24, 2.45) is 7.05 Å². The van der Waals surface area contributed by atoms with Gasteiger partial charge in [0.15, 0.2) is 10.8 Å². The number of nitrogens with zero attached hydrogens (tertiary/aromatic N) is 3. The Bertz CT molecular complexity index is 698. The van der Waals surface area contributed by atoms with E-state index in [1.807, 2.05) is 0 Å². The zero-order valence-corrected chi connectivity index (χ0v) is 11.3. The molecular weight excluding hydrogens is 311 g/mol. The van der Waals surface area contributed by atoms with Crippen LogP contribution >= 0.6 is 11.6 Å². The van der Waals surface area contributed by atoms with Gasteiger partial charge in [0.05, 0.1) is 0 Å². The van der Waals surface area contributed by atoms with Crippen molar-refractivity contribution in [2.75, 3.05) is 11.1 Å². The first kappa shape index (κ1) is 15.1. The minimum atomic E-state index is -4.75. The fraction of sp³-hybridized carbons (Fsp3) is 0.182. The number of alkyl halides is 3. The van der Waals surface area contributed by atoms with Crippen LogP contribution in [0.15, 0.2) is 18.2 Å². The summed E-state index contributed by atoms with van der Waals surface area (Å²) in [6.07, 6.45) is -4.75. The Hall–Kier alpha value is -2.29. The van der Waals surface area contributed by atoms with Crippen molar-refractivity contribution in [2.45, 2.75) is 6.18 Å². The molecule has 2 rings (SSSR count). The first-order chi connectivity index (χ1) is 9.70. The molecule has 0 unspecified atom stereocenters. The van der Waals surface area contributed by atoms with Gasteiger partial charge in [-0.1, -0.05) is 17.7 Å². The van der Waals surface area contributed by atoms with Gasteiger partial charge < -0.3 is 11.1 Å². The molecule has 0 atom stereocenters. The quantitative estimate of drug-likeness (QED) is 0.889. The molecule has 2 aromatic heterocycles. The molecule has 3 N–H and O–H groups in total. The van der Waals surface area contributed by atoms with Crippen LogP contribution in [0.1, 0.15) is 16.2 Å². The fourth-order valence-corrected chi connectivity index (χ4v) is 1.74. The molecule has 2 heterocycles. The van der Waals surface area contributed by atoms with Gasteiger partial charge in [0.25, 0.3) is 5.91 Å². The molecule has 0 aliphatic heterocycles. The summed E-state index contributed by atoms with van der Waals surface area (Å²) in [7, 11) is 1.23. The van der Waals surface area contributed by atoms with E-state index in [-0.39, 0.29) is 16.7 Å². The lowest BCUT2D eigenvalue weighted by Crippen LogP contribution is -2.17. The zero-order valence-electron chi connectivity index (χ0n) is 10.6. The van der Waals surface area contributed by atoms with Crippen molar-refractivity contribution in [1.82, 2.24) is 14.8 Å². The van der Waals surface area contributed by atoms with Crippen LogP contribution in [0.3, 0.4) is 0 Å². The molecule has 0 saturated carbocycles. The summed E-state index contributed by atoms with van der Waals surface area (Å²) in [5.74, 6) is -0.807. The van der Waals surface area contributed by atoms with Gasteiger partial charge in [-0.15, -0.1) is 0 Å². The second kappa shape index (κ2) is 5.24. The highest BCUT2D eigenvalue weighted by Gasteiger charge is 2.39. The van der Waals surface area contributed by atoms with Gasteiger partial charge in [0, 0.05) is 7.05 Å². The molecule has 0 saturated heterocycles. The number of amides is 1. The largest absolute Gasteiger partial charge is 0.437 e. The molecule has 21 heavy (non-hydrogen) atoms. The van der Waals surface area contributed by atoms with Gasteiger partial charge in [0.2, 0.25) is 0 Å². The molecule has 6 nitrogen and oxygen atoms in total. The van der Waals surface area contributed by atoms with Gasteiger partial charge in [0.1, 0.15) is 17.2 Å². The summed E-state index contributed by atoms with van der Waals surface area (Å²) in [6, 6.07) is 4.20. The number of pyridine rings is 1. The van der Waals surface area contributed by atoms with Crippen LogP contribution in [0.2, 0.25) is 5.15 Å². The van der Waals surface area contributed by atoms with Crippen molar-refractivity contribution < 1.29 is 18.0 Å². The number of nitrogen functional groups attached to an aromatic ring is 1. The lowest BCUT2D eigenvalue weighted by atomic mass is 10.3. The highest BCUT2D eigenvalue weighted by molar-refractivity contribution is 6.33. The smallest absolute Gasteiger partial charge is 0.384 e. The minimum absolute atomic E-state index is 0.0657. The molecule has 0 aromatic carbocycles. The maximum absolute atomic E-state index is 12.8. The summed E-state index contributed by atoms with van der Waals surface area (Å²) < 4.78 is 39.3. The summed E-state index contributed by atoms with van der Waals surface area (Å²) in [5.41, 5.74) is 3.36. The lowest BCUT2D eigenvalue weighted by Gasteiger charge is -2.08. The third kappa shape index (κ3) is 3.07. The van der Waals surface area contributed by atoms with Gasteiger partial charge >= 0.3 is 6.18 Å². The highest BCUT2D eigenvalue weighted by atomic mass is 35.5. The van der Waals surface area contributed by atoms with Crippen LogP contribution in [0.25, 0.3) is 0 Å². The monoisotopic (exact) mass is 319 g/mol. The SMILES string of the molecule is Cn1nc(C(F)(F)F)c(NC(=O)c2cccc(N)n2)c1Cl. The van der Waals surface area contributed by atoms with E-state index >= 15 is 0 Å². The second-order valence-corrected chi connectivity index (χ2v) is 4.40. The number of hydrogen-bond acceptors (Lipinski definition) is 4. The Balaban J connectivity index is 2.38. The number of nitrogens with two attached hydrogens (primary N) is 1. The molecule has 1 amide bonds. The van der Waals surface area contributed by atoms with E-state index in [1.165, 1.54) is 25.2 Å². The van der Waals surface area contributed by atoms with E-state index in [0.717, 1.165) is 4.68 Å². The number of anilines is 2. The topological polar surface area (TPSA) is 85.8 Å². The summed E-state index contributed by atoms with van der Waals surface area (Å²) in [4.78, 5) is 15.6. The van der Waals surface area contributed by atoms with Crippen molar-refractivity contribution >= 4 is 29.0 Å². The molecule has 0 bridgehead atoms. The molecule has 0 aliphatic rings. The van der Waals surface area contributed by atoms with Crippen molar-refractivity contribution in [1.29, 1.82) is 0 Å². The Morgan fingerprint density at radius 3 is 2.67 bits per heavy atom. The number of nitrogens with one attached hydrogen (secondary N) is 1. The van der Waals surface area contributed by atoms with Crippen LogP contribution < -0.4 is 11.1 Å². The van der Waals surface area contributed by atoms with Crippen LogP contribution in [0, 0.1) is 0 Å². The Kier molecular flexibility index (Phi) is 3.77. The Morgan fingerprint density at radius 2 is 2.10 bits per heavy atom. The maximum Gasteiger partial charge on any atom is 0.437 e. The summed E-state index contributed by atoms with van der Waals surface area (Å²) in [6.45, 7) is 0. The average Bonchev–Trinajstić information content (AvgIpc) is 2.67. The predicted octanol–water partition coefficient (Wildman–Crippen LogP) is 2.32. The molecule has 0 radical (unpaired) electrons. The maximum atomic E-state index is 12.8. The second-order valence-electron chi connectivity index (χ2n) is 4.04. The van der Waals surface area contributed by atoms with E-state index in [2.05, 4.69) is 15.4 Å². The molecule has 0 spiro atoms.